The number of nitrogen functional groups attached to an aromatic ring is 1. The molecule has 1 aromatic carbocycles. The number of carbonyl (C=O) groups is 1. The number of benzene rings is 1. The van der Waals surface area contributed by atoms with Crippen LogP contribution >= 0.6 is 0 Å². The standard InChI is InChI=1S/C21H30N4O2/c1-15-12-16(22)20-17(23-15)8-7-9-18(20)27-14-21(2,3)24-19(26)13-25-10-5-4-6-11-25/h7-9,12H,4-6,10-11,13-14H2,1-3H3,(H2,22,23)(H,24,26). The minimum absolute atomic E-state index is 0.0419. The third-order valence-corrected chi connectivity index (χ3v) is 4.84. The molecule has 1 aromatic heterocycles. The Balaban J connectivity index is 1.63. The number of nitrogens with zero attached hydrogens (tertiary/aromatic N) is 2. The number of hydrogen-bond acceptors (Lipinski definition) is 5. The van der Waals surface area contributed by atoms with Gasteiger partial charge < -0.3 is 15.8 Å². The zero-order chi connectivity index (χ0) is 19.4. The van der Waals surface area contributed by atoms with Gasteiger partial charge in [0.2, 0.25) is 5.91 Å². The van der Waals surface area contributed by atoms with Gasteiger partial charge in [0.25, 0.3) is 0 Å². The lowest BCUT2D eigenvalue weighted by Gasteiger charge is -2.30. The number of piperidine rings is 1. The highest BCUT2D eigenvalue weighted by Gasteiger charge is 2.24. The Morgan fingerprint density at radius 1 is 1.30 bits per heavy atom. The van der Waals surface area contributed by atoms with Crippen LogP contribution in [0.3, 0.4) is 0 Å². The molecule has 6 heteroatoms. The smallest absolute Gasteiger partial charge is 0.234 e. The minimum atomic E-state index is -0.484. The lowest BCUT2D eigenvalue weighted by Crippen LogP contribution is -2.51. The van der Waals surface area contributed by atoms with E-state index in [9.17, 15) is 4.79 Å². The van der Waals surface area contributed by atoms with E-state index in [1.165, 1.54) is 19.3 Å². The molecule has 1 fully saturated rings. The van der Waals surface area contributed by atoms with Crippen molar-refractivity contribution in [3.8, 4) is 5.75 Å². The fourth-order valence-electron chi connectivity index (χ4n) is 3.57. The Labute approximate surface area is 161 Å². The first-order valence-electron chi connectivity index (χ1n) is 9.66. The van der Waals surface area contributed by atoms with E-state index in [1.54, 1.807) is 0 Å². The summed E-state index contributed by atoms with van der Waals surface area (Å²) in [7, 11) is 0. The van der Waals surface area contributed by atoms with Crippen LogP contribution in [0.25, 0.3) is 10.9 Å². The van der Waals surface area contributed by atoms with Gasteiger partial charge in [0, 0.05) is 11.4 Å². The molecule has 1 saturated heterocycles. The van der Waals surface area contributed by atoms with Crippen LogP contribution < -0.4 is 15.8 Å². The zero-order valence-corrected chi connectivity index (χ0v) is 16.5. The molecule has 2 heterocycles. The van der Waals surface area contributed by atoms with E-state index in [0.29, 0.717) is 24.6 Å². The summed E-state index contributed by atoms with van der Waals surface area (Å²) in [5, 5.41) is 3.91. The van der Waals surface area contributed by atoms with E-state index < -0.39 is 5.54 Å². The van der Waals surface area contributed by atoms with Gasteiger partial charge in [-0.25, -0.2) is 0 Å². The summed E-state index contributed by atoms with van der Waals surface area (Å²) in [4.78, 5) is 19.1. The number of ether oxygens (including phenoxy) is 1. The molecule has 0 saturated carbocycles. The van der Waals surface area contributed by atoms with Gasteiger partial charge in [0.1, 0.15) is 12.4 Å². The van der Waals surface area contributed by atoms with Crippen molar-refractivity contribution in [2.24, 2.45) is 0 Å². The molecule has 3 N–H and O–H groups in total. The highest BCUT2D eigenvalue weighted by molar-refractivity contribution is 5.95. The lowest BCUT2D eigenvalue weighted by molar-refractivity contribution is -0.124. The molecule has 0 unspecified atom stereocenters. The van der Waals surface area contributed by atoms with Crippen LogP contribution in [0.4, 0.5) is 5.69 Å². The fraction of sp³-hybridized carbons (Fsp3) is 0.524. The number of amides is 1. The van der Waals surface area contributed by atoms with Gasteiger partial charge in [-0.05, 0) is 64.9 Å². The number of nitrogens with two attached hydrogens (primary N) is 1. The SMILES string of the molecule is Cc1cc(N)c2c(OCC(C)(C)NC(=O)CN3CCCCC3)cccc2n1. The molecule has 1 amide bonds. The molecular weight excluding hydrogens is 340 g/mol. The van der Waals surface area contributed by atoms with Gasteiger partial charge in [0.15, 0.2) is 0 Å². The average molecular weight is 370 g/mol. The van der Waals surface area contributed by atoms with E-state index in [4.69, 9.17) is 10.5 Å². The van der Waals surface area contributed by atoms with Crippen molar-refractivity contribution in [1.82, 2.24) is 15.2 Å². The predicted molar refractivity (Wildman–Crippen MR) is 109 cm³/mol. The molecule has 146 valence electrons. The maximum Gasteiger partial charge on any atom is 0.234 e. The van der Waals surface area contributed by atoms with Crippen molar-refractivity contribution in [3.63, 3.8) is 0 Å². The minimum Gasteiger partial charge on any atom is -0.490 e. The molecule has 3 rings (SSSR count). The summed E-state index contributed by atoms with van der Waals surface area (Å²) in [6.07, 6.45) is 3.62. The maximum atomic E-state index is 12.4. The number of likely N-dealkylation sites (tertiary alicyclic amines) is 1. The summed E-state index contributed by atoms with van der Waals surface area (Å²) in [5.74, 6) is 0.732. The number of carbonyl (C=O) groups excluding carboxylic acids is 1. The number of rotatable bonds is 6. The largest absolute Gasteiger partial charge is 0.490 e. The van der Waals surface area contributed by atoms with E-state index in [1.807, 2.05) is 45.0 Å². The van der Waals surface area contributed by atoms with E-state index in [2.05, 4.69) is 15.2 Å². The van der Waals surface area contributed by atoms with Crippen molar-refractivity contribution in [2.75, 3.05) is 32.0 Å². The summed E-state index contributed by atoms with van der Waals surface area (Å²) in [6, 6.07) is 7.57. The average Bonchev–Trinajstić information content (AvgIpc) is 2.59. The maximum absolute atomic E-state index is 12.4. The van der Waals surface area contributed by atoms with Crippen LogP contribution in [-0.2, 0) is 4.79 Å². The first kappa shape index (κ1) is 19.4. The molecule has 6 nitrogen and oxygen atoms in total. The lowest BCUT2D eigenvalue weighted by atomic mass is 10.1. The van der Waals surface area contributed by atoms with Gasteiger partial charge in [-0.3, -0.25) is 14.7 Å². The van der Waals surface area contributed by atoms with E-state index in [0.717, 1.165) is 29.7 Å². The molecular formula is C21H30N4O2. The van der Waals surface area contributed by atoms with Crippen molar-refractivity contribution >= 4 is 22.5 Å². The number of nitrogens with one attached hydrogen (secondary N) is 1. The molecule has 1 aliphatic rings. The zero-order valence-electron chi connectivity index (χ0n) is 16.5. The summed E-state index contributed by atoms with van der Waals surface area (Å²) >= 11 is 0. The van der Waals surface area contributed by atoms with Gasteiger partial charge in [-0.1, -0.05) is 12.5 Å². The highest BCUT2D eigenvalue weighted by atomic mass is 16.5. The number of pyridine rings is 1. The second kappa shape index (κ2) is 8.13. The Bertz CT molecular complexity index is 813. The van der Waals surface area contributed by atoms with Crippen molar-refractivity contribution in [3.05, 3.63) is 30.0 Å². The molecule has 1 aliphatic heterocycles. The first-order valence-corrected chi connectivity index (χ1v) is 9.66. The van der Waals surface area contributed by atoms with Crippen molar-refractivity contribution < 1.29 is 9.53 Å². The van der Waals surface area contributed by atoms with Gasteiger partial charge in [-0.2, -0.15) is 0 Å². The van der Waals surface area contributed by atoms with Gasteiger partial charge >= 0.3 is 0 Å². The summed E-state index contributed by atoms with van der Waals surface area (Å²) < 4.78 is 6.05. The number of anilines is 1. The van der Waals surface area contributed by atoms with E-state index >= 15 is 0 Å². The summed E-state index contributed by atoms with van der Waals surface area (Å²) in [5.41, 5.74) is 8.05. The highest BCUT2D eigenvalue weighted by Crippen LogP contribution is 2.30. The van der Waals surface area contributed by atoms with Gasteiger partial charge in [0.05, 0.1) is 23.0 Å². The second-order valence-electron chi connectivity index (χ2n) is 8.06. The van der Waals surface area contributed by atoms with Gasteiger partial charge in [-0.15, -0.1) is 0 Å². The van der Waals surface area contributed by atoms with Crippen molar-refractivity contribution in [1.29, 1.82) is 0 Å². The third kappa shape index (κ3) is 5.10. The number of aromatic nitrogens is 1. The Morgan fingerprint density at radius 2 is 2.04 bits per heavy atom. The normalized spacial score (nSPS) is 15.7. The summed E-state index contributed by atoms with van der Waals surface area (Å²) in [6.45, 7) is 8.68. The number of hydrogen-bond donors (Lipinski definition) is 2. The Kier molecular flexibility index (Phi) is 5.85. The number of aryl methyl sites for hydroxylation is 1. The second-order valence-corrected chi connectivity index (χ2v) is 8.06. The molecule has 0 atom stereocenters. The molecule has 0 bridgehead atoms. The molecule has 2 aromatic rings. The quantitative estimate of drug-likeness (QED) is 0.817. The van der Waals surface area contributed by atoms with Crippen LogP contribution in [0, 0.1) is 6.92 Å². The Morgan fingerprint density at radius 3 is 2.78 bits per heavy atom. The van der Waals surface area contributed by atoms with Crippen LogP contribution in [0.15, 0.2) is 24.3 Å². The monoisotopic (exact) mass is 370 g/mol. The predicted octanol–water partition coefficient (Wildman–Crippen LogP) is 2.88. The van der Waals surface area contributed by atoms with Crippen LogP contribution in [0.1, 0.15) is 38.8 Å². The molecule has 0 radical (unpaired) electrons. The first-order chi connectivity index (χ1) is 12.8. The molecule has 27 heavy (non-hydrogen) atoms. The Hall–Kier alpha value is -2.34. The topological polar surface area (TPSA) is 80.5 Å². The van der Waals surface area contributed by atoms with Crippen LogP contribution in [0.5, 0.6) is 5.75 Å². The molecule has 0 aliphatic carbocycles. The molecule has 0 spiro atoms. The van der Waals surface area contributed by atoms with E-state index in [-0.39, 0.29) is 5.91 Å². The van der Waals surface area contributed by atoms with Crippen molar-refractivity contribution in [2.45, 2.75) is 45.6 Å². The van der Waals surface area contributed by atoms with Crippen LogP contribution in [0.2, 0.25) is 0 Å². The fourth-order valence-corrected chi connectivity index (χ4v) is 3.57. The van der Waals surface area contributed by atoms with Crippen LogP contribution in [-0.4, -0.2) is 47.6 Å². The third-order valence-electron chi connectivity index (χ3n) is 4.84. The number of fused-ring (bicyclic) bond motifs is 1.